The lowest BCUT2D eigenvalue weighted by Gasteiger charge is -2.05. The minimum absolute atomic E-state index is 0.518. The fourth-order valence-electron chi connectivity index (χ4n) is 1.08. The summed E-state index contributed by atoms with van der Waals surface area (Å²) >= 11 is 0. The lowest BCUT2D eigenvalue weighted by molar-refractivity contribution is -0.282. The molecule has 1 rings (SSSR count). The van der Waals surface area contributed by atoms with E-state index in [0.717, 1.165) is 0 Å². The summed E-state index contributed by atoms with van der Waals surface area (Å²) in [6.07, 6.45) is 0. The van der Waals surface area contributed by atoms with E-state index in [9.17, 15) is 0 Å². The molecule has 0 aliphatic rings. The van der Waals surface area contributed by atoms with Crippen molar-refractivity contribution in [2.75, 3.05) is 7.11 Å². The van der Waals surface area contributed by atoms with Crippen LogP contribution in [0.5, 0.6) is 0 Å². The van der Waals surface area contributed by atoms with E-state index in [1.54, 1.807) is 0 Å². The second kappa shape index (κ2) is 4.24. The van der Waals surface area contributed by atoms with Crippen LogP contribution in [-0.2, 0) is 16.4 Å². The Morgan fingerprint density at radius 3 is 2.67 bits per heavy atom. The van der Waals surface area contributed by atoms with Gasteiger partial charge in [0, 0.05) is 0 Å². The van der Waals surface area contributed by atoms with Gasteiger partial charge in [-0.1, -0.05) is 23.8 Å². The first kappa shape index (κ1) is 9.23. The number of hydrogen-bond donors (Lipinski definition) is 0. The van der Waals surface area contributed by atoms with Gasteiger partial charge in [-0.05, 0) is 25.0 Å². The molecular formula is C10H14O2. The molecule has 0 atom stereocenters. The Bertz CT molecular complexity index is 256. The predicted molar refractivity (Wildman–Crippen MR) is 47.7 cm³/mol. The maximum atomic E-state index is 4.86. The van der Waals surface area contributed by atoms with Crippen LogP contribution in [0.25, 0.3) is 0 Å². The lowest BCUT2D eigenvalue weighted by atomic mass is 10.1. The summed E-state index contributed by atoms with van der Waals surface area (Å²) in [6, 6.07) is 6.28. The van der Waals surface area contributed by atoms with Crippen molar-refractivity contribution in [1.29, 1.82) is 0 Å². The van der Waals surface area contributed by atoms with Crippen LogP contribution in [0.15, 0.2) is 18.2 Å². The minimum atomic E-state index is 0.518. The topological polar surface area (TPSA) is 18.5 Å². The Morgan fingerprint density at radius 1 is 1.25 bits per heavy atom. The van der Waals surface area contributed by atoms with Crippen molar-refractivity contribution < 1.29 is 9.78 Å². The molecule has 0 unspecified atom stereocenters. The molecule has 0 bridgehead atoms. The standard InChI is InChI=1S/C10H14O2/c1-8-4-5-9(2)10(6-8)7-12-11-3/h4-6H,7H2,1-3H3. The highest BCUT2D eigenvalue weighted by molar-refractivity contribution is 5.29. The van der Waals surface area contributed by atoms with Crippen molar-refractivity contribution in [1.82, 2.24) is 0 Å². The van der Waals surface area contributed by atoms with Crippen molar-refractivity contribution in [2.24, 2.45) is 0 Å². The largest absolute Gasteiger partial charge is 0.240 e. The molecule has 2 heteroatoms. The van der Waals surface area contributed by atoms with E-state index in [1.807, 2.05) is 0 Å². The summed E-state index contributed by atoms with van der Waals surface area (Å²) in [5.74, 6) is 0. The average Bonchev–Trinajstić information content (AvgIpc) is 2.07. The number of aryl methyl sites for hydroxylation is 2. The zero-order chi connectivity index (χ0) is 8.97. The van der Waals surface area contributed by atoms with E-state index >= 15 is 0 Å². The first-order valence-corrected chi connectivity index (χ1v) is 3.96. The first-order valence-electron chi connectivity index (χ1n) is 3.96. The zero-order valence-electron chi connectivity index (χ0n) is 7.76. The van der Waals surface area contributed by atoms with E-state index in [2.05, 4.69) is 36.9 Å². The van der Waals surface area contributed by atoms with Gasteiger partial charge in [-0.15, -0.1) is 0 Å². The molecule has 2 nitrogen and oxygen atoms in total. The molecule has 0 fully saturated rings. The second-order valence-electron chi connectivity index (χ2n) is 2.86. The van der Waals surface area contributed by atoms with Gasteiger partial charge in [-0.3, -0.25) is 0 Å². The minimum Gasteiger partial charge on any atom is -0.240 e. The van der Waals surface area contributed by atoms with Gasteiger partial charge in [0.2, 0.25) is 0 Å². The Morgan fingerprint density at radius 2 is 2.00 bits per heavy atom. The number of benzene rings is 1. The van der Waals surface area contributed by atoms with Crippen LogP contribution in [0, 0.1) is 13.8 Å². The Labute approximate surface area is 73.0 Å². The molecule has 0 aromatic heterocycles. The van der Waals surface area contributed by atoms with Crippen molar-refractivity contribution in [3.63, 3.8) is 0 Å². The van der Waals surface area contributed by atoms with Gasteiger partial charge in [0.1, 0.15) is 6.61 Å². The molecule has 0 spiro atoms. The fraction of sp³-hybridized carbons (Fsp3) is 0.400. The molecule has 0 aliphatic carbocycles. The SMILES string of the molecule is COOCc1cc(C)ccc1C. The van der Waals surface area contributed by atoms with Crippen LogP contribution in [0.4, 0.5) is 0 Å². The van der Waals surface area contributed by atoms with Crippen molar-refractivity contribution >= 4 is 0 Å². The Hall–Kier alpha value is -0.860. The van der Waals surface area contributed by atoms with Crippen LogP contribution in [0.3, 0.4) is 0 Å². The van der Waals surface area contributed by atoms with Crippen LogP contribution < -0.4 is 0 Å². The van der Waals surface area contributed by atoms with Crippen molar-refractivity contribution in [3.8, 4) is 0 Å². The molecule has 0 aliphatic heterocycles. The zero-order valence-corrected chi connectivity index (χ0v) is 7.76. The molecule has 1 aromatic carbocycles. The maximum Gasteiger partial charge on any atom is 0.108 e. The monoisotopic (exact) mass is 166 g/mol. The summed E-state index contributed by atoms with van der Waals surface area (Å²) in [6.45, 7) is 4.65. The quantitative estimate of drug-likeness (QED) is 0.507. The normalized spacial score (nSPS) is 10.2. The van der Waals surface area contributed by atoms with Gasteiger partial charge in [0.05, 0.1) is 7.11 Å². The van der Waals surface area contributed by atoms with Crippen LogP contribution in [-0.4, -0.2) is 7.11 Å². The summed E-state index contributed by atoms with van der Waals surface area (Å²) in [7, 11) is 1.52. The first-order chi connectivity index (χ1) is 5.74. The van der Waals surface area contributed by atoms with Crippen molar-refractivity contribution in [2.45, 2.75) is 20.5 Å². The van der Waals surface area contributed by atoms with Gasteiger partial charge in [-0.2, -0.15) is 0 Å². The van der Waals surface area contributed by atoms with Gasteiger partial charge in [-0.25, -0.2) is 9.78 Å². The summed E-state index contributed by atoms with van der Waals surface area (Å²) < 4.78 is 0. The van der Waals surface area contributed by atoms with E-state index in [-0.39, 0.29) is 0 Å². The highest BCUT2D eigenvalue weighted by Gasteiger charge is 1.98. The highest BCUT2D eigenvalue weighted by atomic mass is 17.2. The van der Waals surface area contributed by atoms with Crippen molar-refractivity contribution in [3.05, 3.63) is 34.9 Å². The van der Waals surface area contributed by atoms with Gasteiger partial charge in [0.25, 0.3) is 0 Å². The summed E-state index contributed by atoms with van der Waals surface area (Å²) in [4.78, 5) is 9.40. The van der Waals surface area contributed by atoms with E-state index in [0.29, 0.717) is 6.61 Å². The molecule has 0 saturated carbocycles. The number of hydrogen-bond acceptors (Lipinski definition) is 2. The van der Waals surface area contributed by atoms with Crippen LogP contribution >= 0.6 is 0 Å². The Balaban J connectivity index is 2.75. The maximum absolute atomic E-state index is 4.86. The molecular weight excluding hydrogens is 152 g/mol. The molecule has 0 saturated heterocycles. The third-order valence-corrected chi connectivity index (χ3v) is 1.84. The third kappa shape index (κ3) is 2.32. The summed E-state index contributed by atoms with van der Waals surface area (Å²) in [5, 5.41) is 0. The molecule has 0 radical (unpaired) electrons. The smallest absolute Gasteiger partial charge is 0.108 e. The molecule has 66 valence electrons. The molecule has 0 heterocycles. The Kier molecular flexibility index (Phi) is 3.26. The van der Waals surface area contributed by atoms with E-state index in [4.69, 9.17) is 4.89 Å². The van der Waals surface area contributed by atoms with E-state index in [1.165, 1.54) is 23.8 Å². The van der Waals surface area contributed by atoms with E-state index < -0.39 is 0 Å². The highest BCUT2D eigenvalue weighted by Crippen LogP contribution is 2.11. The summed E-state index contributed by atoms with van der Waals surface area (Å²) in [5.41, 5.74) is 3.66. The fourth-order valence-corrected chi connectivity index (χ4v) is 1.08. The van der Waals surface area contributed by atoms with Gasteiger partial charge in [0.15, 0.2) is 0 Å². The van der Waals surface area contributed by atoms with Gasteiger partial charge >= 0.3 is 0 Å². The average molecular weight is 166 g/mol. The molecule has 12 heavy (non-hydrogen) atoms. The lowest BCUT2D eigenvalue weighted by Crippen LogP contribution is -1.94. The van der Waals surface area contributed by atoms with Gasteiger partial charge < -0.3 is 0 Å². The molecule has 0 amide bonds. The molecule has 0 N–H and O–H groups in total. The number of rotatable bonds is 3. The third-order valence-electron chi connectivity index (χ3n) is 1.84. The second-order valence-corrected chi connectivity index (χ2v) is 2.86. The van der Waals surface area contributed by atoms with Crippen LogP contribution in [0.2, 0.25) is 0 Å². The van der Waals surface area contributed by atoms with Crippen LogP contribution in [0.1, 0.15) is 16.7 Å². The molecule has 1 aromatic rings. The predicted octanol–water partition coefficient (Wildman–Crippen LogP) is 2.38.